The standard InChI is InChI=1S/2C19H22N2O2.2C3H7NO.Mn.2HNO2.2Ni/c2*1-19(2,13-20-11-15-7-3-5-9-17(15)22)14-21-12-16-8-4-6-10-18(16)23;2*1-4(2)3-5;;2*2-1-3;;/h2*3-12,22-23H,13-14H2,1-2H3;2*3H,1-2H3;;2*(H,2,3);;/q;;;;+2;;;2*+2/p-6. The van der Waals surface area contributed by atoms with Gasteiger partial charge < -0.3 is 50.5 Å². The number of hydrogen-bond acceptors (Lipinski definition) is 16. The molecule has 4 aromatic rings. The second-order valence-electron chi connectivity index (χ2n) is 14.6. The van der Waals surface area contributed by atoms with E-state index in [1.54, 1.807) is 102 Å². The van der Waals surface area contributed by atoms with Gasteiger partial charge in [-0.25, -0.2) is 0 Å². The monoisotopic (exact) mass is 1030 g/mol. The molecule has 357 valence electrons. The van der Waals surface area contributed by atoms with Crippen LogP contribution in [0, 0.1) is 31.1 Å². The molecule has 0 aliphatic heterocycles. The number of benzene rings is 4. The van der Waals surface area contributed by atoms with Crippen LogP contribution in [0.1, 0.15) is 49.9 Å². The van der Waals surface area contributed by atoms with Gasteiger partial charge in [-0.2, -0.15) is 0 Å². The SMILES string of the molecule is CC(C)(CN=Cc1ccccc1[O-])CN=Cc1ccccc1[O-].CC(C)(CN=Cc1ccccc1[O-])CN=Cc1ccccc1[O-].CN(C)C=O.CN(C)C=O.O=N[O-].O=N[O-].[Mn+2].[Ni+2].[Ni+2]. The fraction of sp³-hybridized carbons (Fsp3) is 0.318. The van der Waals surface area contributed by atoms with Crippen molar-refractivity contribution in [1.82, 2.24) is 9.80 Å². The molecule has 0 aromatic heterocycles. The zero-order chi connectivity index (χ0) is 47.4. The summed E-state index contributed by atoms with van der Waals surface area (Å²) >= 11 is 0. The molecule has 0 heterocycles. The number of nitrogens with zero attached hydrogens (tertiary/aromatic N) is 8. The summed E-state index contributed by atoms with van der Waals surface area (Å²) in [7, 11) is 6.75. The van der Waals surface area contributed by atoms with Crippen molar-refractivity contribution in [3.63, 3.8) is 0 Å². The van der Waals surface area contributed by atoms with Crippen molar-refractivity contribution in [1.29, 1.82) is 0 Å². The van der Waals surface area contributed by atoms with Crippen molar-refractivity contribution >= 4 is 37.7 Å². The third-order valence-electron chi connectivity index (χ3n) is 7.10. The number of para-hydroxylation sites is 4. The van der Waals surface area contributed by atoms with Crippen LogP contribution in [0.4, 0.5) is 0 Å². The van der Waals surface area contributed by atoms with Crippen LogP contribution in [0.15, 0.2) is 128 Å². The van der Waals surface area contributed by atoms with Crippen molar-refractivity contribution in [2.45, 2.75) is 27.7 Å². The van der Waals surface area contributed by atoms with Crippen LogP contribution >= 0.6 is 0 Å². The minimum atomic E-state index is -0.150. The maximum Gasteiger partial charge on any atom is 2.00 e. The minimum Gasteiger partial charge on any atom is -0.872 e. The van der Waals surface area contributed by atoms with Gasteiger partial charge in [0.25, 0.3) is 0 Å². The molecule has 0 spiro atoms. The Morgan fingerprint density at radius 1 is 0.446 bits per heavy atom. The number of amides is 2. The molecule has 18 nitrogen and oxygen atoms in total. The third-order valence-corrected chi connectivity index (χ3v) is 7.10. The van der Waals surface area contributed by atoms with Crippen molar-refractivity contribution < 1.29 is 80.1 Å². The molecule has 2 amide bonds. The molecule has 65 heavy (non-hydrogen) atoms. The molecule has 0 bridgehead atoms. The van der Waals surface area contributed by atoms with Gasteiger partial charge in [0.05, 0.1) is 0 Å². The van der Waals surface area contributed by atoms with Crippen molar-refractivity contribution in [2.24, 2.45) is 41.5 Å². The molecule has 0 aliphatic rings. The first-order valence-electron chi connectivity index (χ1n) is 18.5. The van der Waals surface area contributed by atoms with Crippen LogP contribution < -0.4 is 20.4 Å². The largest absolute Gasteiger partial charge is 2.00 e. The minimum absolute atomic E-state index is 0. The van der Waals surface area contributed by atoms with Crippen LogP contribution in [-0.4, -0.2) is 102 Å². The molecule has 0 saturated heterocycles. The van der Waals surface area contributed by atoms with Gasteiger partial charge in [0.15, 0.2) is 0 Å². The summed E-state index contributed by atoms with van der Waals surface area (Å²) in [4.78, 5) is 55.2. The van der Waals surface area contributed by atoms with E-state index in [-0.39, 0.29) is 83.9 Å². The second-order valence-corrected chi connectivity index (χ2v) is 14.6. The van der Waals surface area contributed by atoms with E-state index in [0.29, 0.717) is 48.4 Å². The van der Waals surface area contributed by atoms with Gasteiger partial charge in [-0.05, 0) is 22.3 Å². The fourth-order valence-corrected chi connectivity index (χ4v) is 4.01. The number of aliphatic imine (C=N–C) groups is 4. The molecule has 1 radical (unpaired) electrons. The maximum atomic E-state index is 11.6. The summed E-state index contributed by atoms with van der Waals surface area (Å²) in [5, 5.41) is 64.4. The molecular weight excluding hydrogens is 973 g/mol. The maximum absolute atomic E-state index is 11.6. The smallest absolute Gasteiger partial charge is 0.872 e. The van der Waals surface area contributed by atoms with Gasteiger partial charge in [0.2, 0.25) is 12.8 Å². The first-order chi connectivity index (χ1) is 29.3. The van der Waals surface area contributed by atoms with Gasteiger partial charge in [0, 0.05) is 90.1 Å². The Kier molecular flexibility index (Phi) is 42.7. The van der Waals surface area contributed by atoms with Crippen LogP contribution in [0.25, 0.3) is 0 Å². The van der Waals surface area contributed by atoms with E-state index < -0.39 is 0 Å². The number of carbonyl (C=O) groups excluding carboxylic acids is 2. The Morgan fingerprint density at radius 3 is 0.738 bits per heavy atom. The van der Waals surface area contributed by atoms with Crippen LogP contribution in [0.2, 0.25) is 0 Å². The Balaban J connectivity index is -0.000000268. The number of hydrogen-bond donors (Lipinski definition) is 0. The molecule has 0 aliphatic carbocycles. The first-order valence-corrected chi connectivity index (χ1v) is 18.5. The van der Waals surface area contributed by atoms with Gasteiger partial charge in [-0.15, -0.1) is 33.7 Å². The predicted molar refractivity (Wildman–Crippen MR) is 239 cm³/mol. The Morgan fingerprint density at radius 2 is 0.600 bits per heavy atom. The molecule has 21 heteroatoms. The number of rotatable bonds is 14. The fourth-order valence-electron chi connectivity index (χ4n) is 4.01. The molecule has 0 atom stereocenters. The second kappa shape index (κ2) is 40.8. The summed E-state index contributed by atoms with van der Waals surface area (Å²) in [6, 6.07) is 27.2. The summed E-state index contributed by atoms with van der Waals surface area (Å²) in [6.45, 7) is 10.4. The Hall–Kier alpha value is -5.99. The normalized spacial score (nSPS) is 10.1. The predicted octanol–water partition coefficient (Wildman–Crippen LogP) is 4.70. The van der Waals surface area contributed by atoms with E-state index in [1.807, 2.05) is 52.0 Å². The van der Waals surface area contributed by atoms with E-state index in [9.17, 15) is 30.0 Å². The molecular formula is C44H54MnN8Ni2O10. The van der Waals surface area contributed by atoms with Crippen LogP contribution in [-0.2, 0) is 59.6 Å². The number of carbonyl (C=O) groups is 2. The zero-order valence-corrected chi connectivity index (χ0v) is 40.4. The van der Waals surface area contributed by atoms with E-state index in [0.717, 1.165) is 23.5 Å². The quantitative estimate of drug-likeness (QED) is 0.0552. The van der Waals surface area contributed by atoms with E-state index >= 15 is 0 Å². The van der Waals surface area contributed by atoms with Crippen molar-refractivity contribution in [2.75, 3.05) is 54.4 Å². The molecule has 0 N–H and O–H groups in total. The van der Waals surface area contributed by atoms with Crippen molar-refractivity contribution in [3.05, 3.63) is 140 Å². The molecule has 0 saturated carbocycles. The molecule has 4 rings (SSSR count). The first kappa shape index (κ1) is 68.1. The third kappa shape index (κ3) is 37.1. The molecule has 0 unspecified atom stereocenters. The average Bonchev–Trinajstić information content (AvgIpc) is 3.22. The topological polar surface area (TPSA) is 287 Å². The van der Waals surface area contributed by atoms with Gasteiger partial charge in [-0.1, -0.05) is 125 Å². The summed E-state index contributed by atoms with van der Waals surface area (Å²) in [5.41, 5.74) is 2.06. The van der Waals surface area contributed by atoms with Crippen LogP contribution in [0.3, 0.4) is 0 Å². The zero-order valence-electron chi connectivity index (χ0n) is 37.2. The van der Waals surface area contributed by atoms with E-state index in [1.165, 1.54) is 34.1 Å². The summed E-state index contributed by atoms with van der Waals surface area (Å²) < 4.78 is 0. The van der Waals surface area contributed by atoms with Crippen molar-refractivity contribution in [3.8, 4) is 23.0 Å². The summed E-state index contributed by atoms with van der Waals surface area (Å²) in [5.74, 6) is -0.114. The average molecular weight is 1030 g/mol. The van der Waals surface area contributed by atoms with Gasteiger partial charge >= 0.3 is 50.1 Å². The molecule has 4 aromatic carbocycles. The Labute approximate surface area is 411 Å². The Bertz CT molecular complexity index is 1740. The van der Waals surface area contributed by atoms with Gasteiger partial charge in [-0.3, -0.25) is 29.6 Å². The van der Waals surface area contributed by atoms with E-state index in [2.05, 4.69) is 20.0 Å². The summed E-state index contributed by atoms with van der Waals surface area (Å²) in [6.07, 6.45) is 7.95. The van der Waals surface area contributed by atoms with Gasteiger partial charge in [0.1, 0.15) is 0 Å². The van der Waals surface area contributed by atoms with Crippen LogP contribution in [0.5, 0.6) is 23.0 Å². The van der Waals surface area contributed by atoms with E-state index in [4.69, 9.17) is 20.2 Å². The molecule has 0 fully saturated rings.